The van der Waals surface area contributed by atoms with Crippen LogP contribution in [0.1, 0.15) is 6.92 Å². The van der Waals surface area contributed by atoms with Crippen LogP contribution >= 0.6 is 0 Å². The number of carbonyl (C=O) groups is 1. The molecular formula is C10H19NO3+. The van der Waals surface area contributed by atoms with Gasteiger partial charge in [0.1, 0.15) is 6.10 Å². The third kappa shape index (κ3) is 2.56. The second kappa shape index (κ2) is 4.11. The van der Waals surface area contributed by atoms with Crippen molar-refractivity contribution in [3.63, 3.8) is 0 Å². The van der Waals surface area contributed by atoms with Gasteiger partial charge in [-0.25, -0.2) is 4.79 Å². The zero-order chi connectivity index (χ0) is 11.6. The minimum atomic E-state index is -1.08. The van der Waals surface area contributed by atoms with Gasteiger partial charge in [0.2, 0.25) is 0 Å². The number of aliphatic hydroxyl groups is 1. The highest BCUT2D eigenvalue weighted by molar-refractivity contribution is 5.81. The van der Waals surface area contributed by atoms with Crippen molar-refractivity contribution in [1.82, 2.24) is 0 Å². The maximum absolute atomic E-state index is 11.1. The van der Waals surface area contributed by atoms with Crippen LogP contribution in [0.15, 0.2) is 12.7 Å². The van der Waals surface area contributed by atoms with Gasteiger partial charge < -0.3 is 9.84 Å². The molecule has 14 heavy (non-hydrogen) atoms. The van der Waals surface area contributed by atoms with Crippen LogP contribution in [0.3, 0.4) is 0 Å². The monoisotopic (exact) mass is 201 g/mol. The Morgan fingerprint density at radius 2 is 2.00 bits per heavy atom. The molecule has 0 bridgehead atoms. The summed E-state index contributed by atoms with van der Waals surface area (Å²) in [5.74, 6) is -0.566. The number of esters is 1. The smallest absolute Gasteiger partial charge is 0.334 e. The standard InChI is InChI=1S/C10H19NO3/c1-7-9(13)14-10(3,8(2)12)11(4,5)6/h7-8,12H,1-2H2,3-6H3/q+1. The molecule has 0 aliphatic carbocycles. The molecule has 0 heterocycles. The lowest BCUT2D eigenvalue weighted by Gasteiger charge is -2.43. The van der Waals surface area contributed by atoms with Crippen molar-refractivity contribution in [2.75, 3.05) is 21.1 Å². The molecule has 2 atom stereocenters. The molecule has 0 aliphatic heterocycles. The predicted octanol–water partition coefficient (Wildman–Crippen LogP) is 0.333. The summed E-state index contributed by atoms with van der Waals surface area (Å²) in [6.07, 6.45) is 0.0578. The molecule has 0 saturated carbocycles. The molecule has 81 valence electrons. The van der Waals surface area contributed by atoms with Gasteiger partial charge in [0.05, 0.1) is 21.1 Å². The summed E-state index contributed by atoms with van der Waals surface area (Å²) in [5, 5.41) is 9.51. The lowest BCUT2D eigenvalue weighted by molar-refractivity contribution is -0.949. The summed E-state index contributed by atoms with van der Waals surface area (Å²) in [5.41, 5.74) is -1.08. The van der Waals surface area contributed by atoms with Crippen LogP contribution in [0, 0.1) is 6.92 Å². The Kier molecular flexibility index (Phi) is 3.85. The Balaban J connectivity index is 4.92. The lowest BCUT2D eigenvalue weighted by atomic mass is 10.1. The van der Waals surface area contributed by atoms with Crippen molar-refractivity contribution in [2.24, 2.45) is 0 Å². The minimum Gasteiger partial charge on any atom is -0.404 e. The van der Waals surface area contributed by atoms with E-state index in [-0.39, 0.29) is 4.48 Å². The SMILES string of the molecule is [CH2]C(O)C(C)(OC(=O)C=C)[N+](C)(C)C. The van der Waals surface area contributed by atoms with E-state index in [0.29, 0.717) is 0 Å². The number of nitrogens with zero attached hydrogens (tertiary/aromatic N) is 1. The molecule has 0 aromatic heterocycles. The third-order valence-corrected chi connectivity index (χ3v) is 2.42. The molecule has 0 aromatic carbocycles. The molecule has 1 radical (unpaired) electrons. The highest BCUT2D eigenvalue weighted by atomic mass is 16.6. The van der Waals surface area contributed by atoms with Gasteiger partial charge in [-0.1, -0.05) is 6.58 Å². The number of aliphatic hydroxyl groups excluding tert-OH is 1. The second-order valence-electron chi connectivity index (χ2n) is 4.21. The van der Waals surface area contributed by atoms with Crippen molar-refractivity contribution in [1.29, 1.82) is 0 Å². The molecule has 0 aromatic rings. The zero-order valence-electron chi connectivity index (χ0n) is 9.28. The van der Waals surface area contributed by atoms with Gasteiger partial charge in [-0.15, -0.1) is 0 Å². The maximum Gasteiger partial charge on any atom is 0.334 e. The van der Waals surface area contributed by atoms with E-state index in [1.807, 2.05) is 21.1 Å². The highest BCUT2D eigenvalue weighted by Crippen LogP contribution is 2.24. The topological polar surface area (TPSA) is 46.5 Å². The Morgan fingerprint density at radius 1 is 1.57 bits per heavy atom. The normalized spacial score (nSPS) is 18.1. The van der Waals surface area contributed by atoms with Crippen LogP contribution in [0.4, 0.5) is 0 Å². The quantitative estimate of drug-likeness (QED) is 0.309. The van der Waals surface area contributed by atoms with Crippen molar-refractivity contribution in [3.05, 3.63) is 19.6 Å². The fourth-order valence-electron chi connectivity index (χ4n) is 0.897. The minimum absolute atomic E-state index is 0.261. The van der Waals surface area contributed by atoms with E-state index in [4.69, 9.17) is 4.74 Å². The molecule has 0 aliphatic rings. The van der Waals surface area contributed by atoms with Crippen LogP contribution in [-0.4, -0.2) is 48.5 Å². The summed E-state index contributed by atoms with van der Waals surface area (Å²) in [6, 6.07) is 0. The van der Waals surface area contributed by atoms with Gasteiger partial charge in [-0.05, 0) is 6.92 Å². The van der Waals surface area contributed by atoms with Crippen LogP contribution in [0.25, 0.3) is 0 Å². The number of rotatable bonds is 4. The van der Waals surface area contributed by atoms with E-state index in [1.54, 1.807) is 6.92 Å². The van der Waals surface area contributed by atoms with E-state index < -0.39 is 17.8 Å². The average Bonchev–Trinajstić information content (AvgIpc) is 2.01. The molecule has 0 saturated heterocycles. The molecule has 0 spiro atoms. The molecule has 1 N–H and O–H groups in total. The molecule has 0 amide bonds. The second-order valence-corrected chi connectivity index (χ2v) is 4.21. The maximum atomic E-state index is 11.1. The molecule has 0 fully saturated rings. The summed E-state index contributed by atoms with van der Waals surface area (Å²) >= 11 is 0. The largest absolute Gasteiger partial charge is 0.404 e. The van der Waals surface area contributed by atoms with Crippen molar-refractivity contribution < 1.29 is 19.1 Å². The first kappa shape index (κ1) is 13.1. The Labute approximate surface area is 85.4 Å². The summed E-state index contributed by atoms with van der Waals surface area (Å²) in [4.78, 5) is 11.1. The summed E-state index contributed by atoms with van der Waals surface area (Å²) < 4.78 is 5.38. The van der Waals surface area contributed by atoms with Crippen LogP contribution < -0.4 is 0 Å². The van der Waals surface area contributed by atoms with Crippen LogP contribution in [-0.2, 0) is 9.53 Å². The first-order valence-electron chi connectivity index (χ1n) is 4.33. The Bertz CT molecular complexity index is 230. The predicted molar refractivity (Wildman–Crippen MR) is 54.1 cm³/mol. The number of hydrogen-bond acceptors (Lipinski definition) is 3. The molecule has 0 rings (SSSR count). The Hall–Kier alpha value is -0.870. The van der Waals surface area contributed by atoms with E-state index in [9.17, 15) is 9.90 Å². The van der Waals surface area contributed by atoms with Crippen molar-refractivity contribution in [2.45, 2.75) is 18.8 Å². The molecule has 4 heteroatoms. The van der Waals surface area contributed by atoms with Gasteiger partial charge in [0.25, 0.3) is 5.72 Å². The average molecular weight is 201 g/mol. The van der Waals surface area contributed by atoms with Gasteiger partial charge in [-0.3, -0.25) is 4.48 Å². The summed E-state index contributed by atoms with van der Waals surface area (Å²) in [7, 11) is 5.43. The van der Waals surface area contributed by atoms with Gasteiger partial charge in [0.15, 0.2) is 0 Å². The molecule has 2 unspecified atom stereocenters. The number of hydrogen-bond donors (Lipinski definition) is 1. The zero-order valence-corrected chi connectivity index (χ0v) is 9.28. The Morgan fingerprint density at radius 3 is 2.21 bits per heavy atom. The number of carbonyl (C=O) groups excluding carboxylic acids is 1. The van der Waals surface area contributed by atoms with E-state index >= 15 is 0 Å². The van der Waals surface area contributed by atoms with Gasteiger partial charge in [0, 0.05) is 13.0 Å². The van der Waals surface area contributed by atoms with Crippen LogP contribution in [0.2, 0.25) is 0 Å². The highest BCUT2D eigenvalue weighted by Gasteiger charge is 2.46. The summed E-state index contributed by atoms with van der Waals surface area (Å²) in [6.45, 7) is 8.43. The van der Waals surface area contributed by atoms with E-state index in [2.05, 4.69) is 13.5 Å². The number of likely N-dealkylation sites (N-methyl/N-ethyl adjacent to an activating group) is 1. The van der Waals surface area contributed by atoms with Crippen molar-refractivity contribution in [3.8, 4) is 0 Å². The van der Waals surface area contributed by atoms with Gasteiger partial charge in [-0.2, -0.15) is 0 Å². The fraction of sp³-hybridized carbons (Fsp3) is 0.600. The fourth-order valence-corrected chi connectivity index (χ4v) is 0.897. The molecular weight excluding hydrogens is 182 g/mol. The third-order valence-electron chi connectivity index (χ3n) is 2.42. The van der Waals surface area contributed by atoms with Crippen LogP contribution in [0.5, 0.6) is 0 Å². The number of ether oxygens (including phenoxy) is 1. The molecule has 4 nitrogen and oxygen atoms in total. The lowest BCUT2D eigenvalue weighted by Crippen LogP contribution is -2.63. The first-order chi connectivity index (χ1) is 6.15. The van der Waals surface area contributed by atoms with E-state index in [1.165, 1.54) is 0 Å². The van der Waals surface area contributed by atoms with Gasteiger partial charge >= 0.3 is 5.97 Å². The number of quaternary nitrogens is 1. The van der Waals surface area contributed by atoms with E-state index in [0.717, 1.165) is 6.08 Å². The first-order valence-corrected chi connectivity index (χ1v) is 4.33. The van der Waals surface area contributed by atoms with Crippen molar-refractivity contribution >= 4 is 5.97 Å².